The number of halogens is 3. The van der Waals surface area contributed by atoms with Crippen LogP contribution in [-0.4, -0.2) is 49.3 Å². The van der Waals surface area contributed by atoms with Crippen LogP contribution in [0.4, 0.5) is 13.2 Å². The molecule has 0 unspecified atom stereocenters. The lowest BCUT2D eigenvalue weighted by Crippen LogP contribution is -2.43. The molecular formula is C8H12F3N3O3S. The number of amides is 2. The highest BCUT2D eigenvalue weighted by Gasteiger charge is 2.27. The fraction of sp³-hybridized carbons (Fsp3) is 0.625. The molecule has 0 atom stereocenters. The number of carbonyl (C=O) groups excluding carboxylic acids is 2. The first-order valence-electron chi connectivity index (χ1n) is 4.71. The molecule has 0 rings (SSSR count). The molecule has 6 nitrogen and oxygen atoms in total. The number of nitrogens with one attached hydrogen (secondary N) is 2. The number of nitrogens with two attached hydrogens (primary N) is 1. The summed E-state index contributed by atoms with van der Waals surface area (Å²) in [6.07, 6.45) is -4.42. The second-order valence-electron chi connectivity index (χ2n) is 3.07. The van der Waals surface area contributed by atoms with Crippen LogP contribution in [-0.2, 0) is 14.3 Å². The van der Waals surface area contributed by atoms with E-state index in [9.17, 15) is 22.8 Å². The number of alkyl halides is 3. The van der Waals surface area contributed by atoms with Crippen molar-refractivity contribution in [2.45, 2.75) is 6.18 Å². The Hall–Kier alpha value is -1.42. The van der Waals surface area contributed by atoms with Gasteiger partial charge >= 0.3 is 18.0 Å². The first kappa shape index (κ1) is 16.6. The van der Waals surface area contributed by atoms with Crippen LogP contribution in [0.5, 0.6) is 0 Å². The van der Waals surface area contributed by atoms with Crippen molar-refractivity contribution in [1.29, 1.82) is 0 Å². The molecule has 10 heteroatoms. The van der Waals surface area contributed by atoms with Gasteiger partial charge in [-0.1, -0.05) is 12.2 Å². The molecule has 0 aromatic heterocycles. The molecule has 0 aliphatic heterocycles. The summed E-state index contributed by atoms with van der Waals surface area (Å²) < 4.78 is 39.2. The smallest absolute Gasteiger partial charge is 0.392 e. The van der Waals surface area contributed by atoms with E-state index in [0.29, 0.717) is 0 Å². The van der Waals surface area contributed by atoms with Crippen molar-refractivity contribution < 1.29 is 27.5 Å². The summed E-state index contributed by atoms with van der Waals surface area (Å²) in [5.74, 6) is -1.97. The Kier molecular flexibility index (Phi) is 7.20. The normalized spacial score (nSPS) is 10.8. The molecule has 0 saturated carbocycles. The van der Waals surface area contributed by atoms with E-state index in [1.807, 2.05) is 0 Å². The van der Waals surface area contributed by atoms with Crippen LogP contribution in [0.1, 0.15) is 0 Å². The lowest BCUT2D eigenvalue weighted by atomic mass is 10.5. The van der Waals surface area contributed by atoms with Crippen LogP contribution in [0.15, 0.2) is 0 Å². The highest BCUT2D eigenvalue weighted by atomic mass is 32.1. The quantitative estimate of drug-likeness (QED) is 0.334. The summed E-state index contributed by atoms with van der Waals surface area (Å²) in [6.45, 7) is -2.11. The maximum atomic E-state index is 11.6. The van der Waals surface area contributed by atoms with E-state index in [-0.39, 0.29) is 24.7 Å². The first-order chi connectivity index (χ1) is 8.22. The zero-order valence-electron chi connectivity index (χ0n) is 9.17. The molecule has 2 amide bonds. The van der Waals surface area contributed by atoms with Crippen molar-refractivity contribution in [2.75, 3.05) is 26.3 Å². The Labute approximate surface area is 106 Å². The van der Waals surface area contributed by atoms with Gasteiger partial charge in [0.15, 0.2) is 0 Å². The van der Waals surface area contributed by atoms with Crippen molar-refractivity contribution in [3.63, 3.8) is 0 Å². The Bertz CT molecular complexity index is 322. The van der Waals surface area contributed by atoms with E-state index in [0.717, 1.165) is 0 Å². The lowest BCUT2D eigenvalue weighted by Gasteiger charge is -2.08. The third-order valence-corrected chi connectivity index (χ3v) is 1.57. The van der Waals surface area contributed by atoms with E-state index in [2.05, 4.69) is 27.6 Å². The topological polar surface area (TPSA) is 93.5 Å². The van der Waals surface area contributed by atoms with Crippen molar-refractivity contribution in [2.24, 2.45) is 5.73 Å². The highest BCUT2D eigenvalue weighted by molar-refractivity contribution is 7.80. The average molecular weight is 287 g/mol. The summed E-state index contributed by atoms with van der Waals surface area (Å²) in [6, 6.07) is 0. The van der Waals surface area contributed by atoms with Crippen molar-refractivity contribution in [3.05, 3.63) is 0 Å². The van der Waals surface area contributed by atoms with E-state index in [1.165, 1.54) is 0 Å². The summed E-state index contributed by atoms with van der Waals surface area (Å²) in [7, 11) is 0. The SMILES string of the molecule is NC(=S)CNC(=O)C(=O)NCCOCC(F)(F)F. The number of carbonyl (C=O) groups is 2. The molecule has 0 aliphatic rings. The molecule has 0 saturated heterocycles. The van der Waals surface area contributed by atoms with Crippen LogP contribution in [0.3, 0.4) is 0 Å². The fourth-order valence-electron chi connectivity index (χ4n) is 0.753. The highest BCUT2D eigenvalue weighted by Crippen LogP contribution is 2.13. The zero-order valence-corrected chi connectivity index (χ0v) is 9.99. The molecule has 0 radical (unpaired) electrons. The molecule has 0 aliphatic carbocycles. The van der Waals surface area contributed by atoms with Crippen molar-refractivity contribution in [1.82, 2.24) is 10.6 Å². The summed E-state index contributed by atoms with van der Waals surface area (Å²) in [4.78, 5) is 22.0. The van der Waals surface area contributed by atoms with Crippen LogP contribution in [0.25, 0.3) is 0 Å². The molecule has 0 fully saturated rings. The Morgan fingerprint density at radius 1 is 1.22 bits per heavy atom. The van der Waals surface area contributed by atoms with Crippen LogP contribution >= 0.6 is 12.2 Å². The monoisotopic (exact) mass is 287 g/mol. The van der Waals surface area contributed by atoms with E-state index in [4.69, 9.17) is 5.73 Å². The van der Waals surface area contributed by atoms with Gasteiger partial charge in [0.05, 0.1) is 18.1 Å². The minimum atomic E-state index is -4.42. The second-order valence-corrected chi connectivity index (χ2v) is 3.60. The van der Waals surface area contributed by atoms with Gasteiger partial charge in [0, 0.05) is 6.54 Å². The largest absolute Gasteiger partial charge is 0.411 e. The average Bonchev–Trinajstić information content (AvgIpc) is 2.23. The molecule has 18 heavy (non-hydrogen) atoms. The van der Waals surface area contributed by atoms with Gasteiger partial charge < -0.3 is 21.1 Å². The number of hydrogen-bond acceptors (Lipinski definition) is 4. The predicted molar refractivity (Wildman–Crippen MR) is 59.7 cm³/mol. The van der Waals surface area contributed by atoms with E-state index in [1.54, 1.807) is 0 Å². The minimum absolute atomic E-state index is 0.00432. The number of rotatable bonds is 6. The van der Waals surface area contributed by atoms with Crippen LogP contribution in [0, 0.1) is 0 Å². The minimum Gasteiger partial charge on any atom is -0.392 e. The molecule has 0 spiro atoms. The van der Waals surface area contributed by atoms with Gasteiger partial charge in [0.25, 0.3) is 0 Å². The summed E-state index contributed by atoms with van der Waals surface area (Å²) in [5.41, 5.74) is 5.08. The standard InChI is InChI=1S/C8H12F3N3O3S/c9-8(10,11)4-17-2-1-13-6(15)7(16)14-3-5(12)18/h1-4H2,(H2,12,18)(H,13,15)(H,14,16). The maximum absolute atomic E-state index is 11.6. The first-order valence-corrected chi connectivity index (χ1v) is 5.12. The maximum Gasteiger partial charge on any atom is 0.411 e. The van der Waals surface area contributed by atoms with Gasteiger partial charge in [-0.3, -0.25) is 9.59 Å². The van der Waals surface area contributed by atoms with Gasteiger partial charge in [0.2, 0.25) is 0 Å². The van der Waals surface area contributed by atoms with E-state index >= 15 is 0 Å². The predicted octanol–water partition coefficient (Wildman–Crippen LogP) is -0.916. The summed E-state index contributed by atoms with van der Waals surface area (Å²) in [5, 5.41) is 4.17. The van der Waals surface area contributed by atoms with Gasteiger partial charge in [-0.2, -0.15) is 13.2 Å². The molecule has 0 heterocycles. The number of thiocarbonyl (C=S) groups is 1. The Morgan fingerprint density at radius 2 is 1.78 bits per heavy atom. The zero-order chi connectivity index (χ0) is 14.2. The van der Waals surface area contributed by atoms with Crippen LogP contribution in [0.2, 0.25) is 0 Å². The molecule has 0 aromatic rings. The second kappa shape index (κ2) is 7.82. The molecule has 104 valence electrons. The molecule has 4 N–H and O–H groups in total. The number of ether oxygens (including phenoxy) is 1. The number of hydrogen-bond donors (Lipinski definition) is 3. The van der Waals surface area contributed by atoms with Gasteiger partial charge in [-0.25, -0.2) is 0 Å². The lowest BCUT2D eigenvalue weighted by molar-refractivity contribution is -0.173. The molecule has 0 bridgehead atoms. The molecule has 0 aromatic carbocycles. The van der Waals surface area contributed by atoms with Crippen LogP contribution < -0.4 is 16.4 Å². The third-order valence-electron chi connectivity index (χ3n) is 1.43. The van der Waals surface area contributed by atoms with Crippen molar-refractivity contribution >= 4 is 29.0 Å². The van der Waals surface area contributed by atoms with E-state index < -0.39 is 24.6 Å². The third kappa shape index (κ3) is 9.78. The Balaban J connectivity index is 3.64. The van der Waals surface area contributed by atoms with Gasteiger partial charge in [-0.05, 0) is 0 Å². The van der Waals surface area contributed by atoms with Crippen molar-refractivity contribution in [3.8, 4) is 0 Å². The van der Waals surface area contributed by atoms with Gasteiger partial charge in [-0.15, -0.1) is 0 Å². The van der Waals surface area contributed by atoms with Gasteiger partial charge in [0.1, 0.15) is 6.61 Å². The molecular weight excluding hydrogens is 275 g/mol. The fourth-order valence-corrected chi connectivity index (χ4v) is 0.825. The summed E-state index contributed by atoms with van der Waals surface area (Å²) >= 11 is 4.46. The Morgan fingerprint density at radius 3 is 2.28 bits per heavy atom.